The number of hydrogen-bond donors (Lipinski definition) is 1. The van der Waals surface area contributed by atoms with Crippen LogP contribution < -0.4 is 5.32 Å². The smallest absolute Gasteiger partial charge is 0.317 e. The summed E-state index contributed by atoms with van der Waals surface area (Å²) < 4.78 is 5.32. The molecule has 1 atom stereocenters. The fraction of sp³-hybridized carbons (Fsp3) is 0.471. The largest absolute Gasteiger partial charge is 0.359 e. The number of pyridine rings is 1. The fourth-order valence-corrected chi connectivity index (χ4v) is 2.44. The van der Waals surface area contributed by atoms with E-state index in [0.717, 1.165) is 17.8 Å². The van der Waals surface area contributed by atoms with Crippen molar-refractivity contribution in [3.8, 4) is 11.3 Å². The second-order valence-corrected chi connectivity index (χ2v) is 6.32. The average Bonchev–Trinajstić information content (AvgIpc) is 3.01. The lowest BCUT2D eigenvalue weighted by molar-refractivity contribution is 0.198. The van der Waals surface area contributed by atoms with Gasteiger partial charge in [-0.2, -0.15) is 0 Å². The molecule has 7 nitrogen and oxygen atoms in total. The molecule has 0 aromatic carbocycles. The number of hydrogen-bond acceptors (Lipinski definition) is 5. The van der Waals surface area contributed by atoms with Crippen molar-refractivity contribution >= 4 is 6.03 Å². The van der Waals surface area contributed by atoms with Gasteiger partial charge in [0, 0.05) is 44.2 Å². The molecule has 0 radical (unpaired) electrons. The molecule has 0 bridgehead atoms. The van der Waals surface area contributed by atoms with E-state index in [1.54, 1.807) is 24.3 Å². The number of nitrogens with one attached hydrogen (secondary N) is 1. The zero-order valence-electron chi connectivity index (χ0n) is 14.7. The summed E-state index contributed by atoms with van der Waals surface area (Å²) in [5.74, 6) is 1.03. The molecule has 0 aliphatic rings. The summed E-state index contributed by atoms with van der Waals surface area (Å²) in [4.78, 5) is 19.8. The Hall–Kier alpha value is -2.41. The number of rotatable bonds is 7. The fourth-order valence-electron chi connectivity index (χ4n) is 2.44. The number of amides is 2. The Bertz CT molecular complexity index is 641. The highest BCUT2D eigenvalue weighted by Crippen LogP contribution is 2.18. The third-order valence-corrected chi connectivity index (χ3v) is 3.55. The highest BCUT2D eigenvalue weighted by molar-refractivity contribution is 5.73. The van der Waals surface area contributed by atoms with Crippen molar-refractivity contribution in [3.05, 3.63) is 36.4 Å². The van der Waals surface area contributed by atoms with Crippen LogP contribution in [0.15, 0.2) is 35.1 Å². The maximum atomic E-state index is 12.1. The van der Waals surface area contributed by atoms with Gasteiger partial charge >= 0.3 is 6.03 Å². The number of aromatic nitrogens is 2. The quantitative estimate of drug-likeness (QED) is 0.841. The minimum atomic E-state index is -0.123. The summed E-state index contributed by atoms with van der Waals surface area (Å²) in [5.41, 5.74) is 1.67. The van der Waals surface area contributed by atoms with Crippen LogP contribution in [0.3, 0.4) is 0 Å². The Morgan fingerprint density at radius 1 is 1.29 bits per heavy atom. The third-order valence-electron chi connectivity index (χ3n) is 3.55. The number of carbonyl (C=O) groups is 1. The van der Waals surface area contributed by atoms with E-state index in [9.17, 15) is 4.79 Å². The van der Waals surface area contributed by atoms with E-state index in [2.05, 4.69) is 27.3 Å². The monoisotopic (exact) mass is 331 g/mol. The van der Waals surface area contributed by atoms with Crippen molar-refractivity contribution in [2.45, 2.75) is 13.5 Å². The Labute approximate surface area is 142 Å². The molecular weight excluding hydrogens is 306 g/mol. The van der Waals surface area contributed by atoms with Crippen LogP contribution in [0, 0.1) is 5.92 Å². The zero-order chi connectivity index (χ0) is 17.5. The van der Waals surface area contributed by atoms with Gasteiger partial charge in [-0.25, -0.2) is 4.79 Å². The molecule has 2 amide bonds. The van der Waals surface area contributed by atoms with Crippen LogP contribution in [0.5, 0.6) is 0 Å². The van der Waals surface area contributed by atoms with E-state index in [0.29, 0.717) is 24.8 Å². The van der Waals surface area contributed by atoms with Crippen molar-refractivity contribution in [1.82, 2.24) is 25.3 Å². The number of carbonyl (C=O) groups excluding carboxylic acids is 1. The van der Waals surface area contributed by atoms with Gasteiger partial charge in [0.1, 0.15) is 5.69 Å². The number of urea groups is 1. The molecule has 0 saturated heterocycles. The van der Waals surface area contributed by atoms with Crippen LogP contribution in [-0.2, 0) is 6.54 Å². The van der Waals surface area contributed by atoms with E-state index in [1.165, 1.54) is 0 Å². The molecule has 0 fully saturated rings. The molecule has 0 unspecified atom stereocenters. The summed E-state index contributed by atoms with van der Waals surface area (Å²) in [6.07, 6.45) is 3.41. The first-order valence-corrected chi connectivity index (χ1v) is 7.95. The molecular formula is C17H25N5O2. The number of nitrogens with zero attached hydrogens (tertiary/aromatic N) is 4. The van der Waals surface area contributed by atoms with Gasteiger partial charge in [0.25, 0.3) is 0 Å². The lowest BCUT2D eigenvalue weighted by atomic mass is 10.2. The van der Waals surface area contributed by atoms with Crippen LogP contribution in [0.25, 0.3) is 11.3 Å². The molecule has 24 heavy (non-hydrogen) atoms. The van der Waals surface area contributed by atoms with Gasteiger partial charge in [-0.1, -0.05) is 12.1 Å². The lowest BCUT2D eigenvalue weighted by Crippen LogP contribution is -2.40. The van der Waals surface area contributed by atoms with Gasteiger partial charge < -0.3 is 19.6 Å². The standard InChI is InChI=1S/C17H25N5O2/c1-13(11-21(2)3)10-19-17(23)22(4)12-15-9-16(20-24-15)14-5-7-18-8-6-14/h5-9,13H,10-12H2,1-4H3,(H,19,23)/t13-/m1/s1. The Morgan fingerprint density at radius 3 is 2.67 bits per heavy atom. The first-order valence-electron chi connectivity index (χ1n) is 7.95. The minimum Gasteiger partial charge on any atom is -0.359 e. The van der Waals surface area contributed by atoms with E-state index in [4.69, 9.17) is 4.52 Å². The molecule has 2 aromatic rings. The predicted molar refractivity (Wildman–Crippen MR) is 92.3 cm³/mol. The van der Waals surface area contributed by atoms with Crippen molar-refractivity contribution in [2.24, 2.45) is 5.92 Å². The highest BCUT2D eigenvalue weighted by Gasteiger charge is 2.14. The van der Waals surface area contributed by atoms with Crippen LogP contribution >= 0.6 is 0 Å². The van der Waals surface area contributed by atoms with E-state index in [-0.39, 0.29) is 6.03 Å². The van der Waals surface area contributed by atoms with Crippen LogP contribution in [0.4, 0.5) is 4.79 Å². The SMILES string of the molecule is C[C@H](CNC(=O)N(C)Cc1cc(-c2ccncc2)no1)CN(C)C. The van der Waals surface area contributed by atoms with Gasteiger partial charge in [-0.3, -0.25) is 4.98 Å². The Balaban J connectivity index is 1.85. The lowest BCUT2D eigenvalue weighted by Gasteiger charge is -2.20. The van der Waals surface area contributed by atoms with Crippen molar-refractivity contribution in [2.75, 3.05) is 34.2 Å². The maximum absolute atomic E-state index is 12.1. The molecule has 2 aromatic heterocycles. The molecule has 130 valence electrons. The molecule has 2 heterocycles. The van der Waals surface area contributed by atoms with E-state index < -0.39 is 0 Å². The second-order valence-electron chi connectivity index (χ2n) is 6.32. The Kier molecular flexibility index (Phi) is 6.31. The van der Waals surface area contributed by atoms with Crippen molar-refractivity contribution in [3.63, 3.8) is 0 Å². The average molecular weight is 331 g/mol. The van der Waals surface area contributed by atoms with Crippen LogP contribution in [0.2, 0.25) is 0 Å². The Morgan fingerprint density at radius 2 is 2.00 bits per heavy atom. The molecule has 1 N–H and O–H groups in total. The molecule has 0 aliphatic carbocycles. The highest BCUT2D eigenvalue weighted by atomic mass is 16.5. The summed E-state index contributed by atoms with van der Waals surface area (Å²) in [7, 11) is 5.78. The molecule has 7 heteroatoms. The van der Waals surface area contributed by atoms with Crippen LogP contribution in [-0.4, -0.2) is 60.2 Å². The molecule has 0 spiro atoms. The normalized spacial score (nSPS) is 12.2. The van der Waals surface area contributed by atoms with Gasteiger partial charge in [0.2, 0.25) is 0 Å². The van der Waals surface area contributed by atoms with Gasteiger partial charge in [0.15, 0.2) is 5.76 Å². The van der Waals surface area contributed by atoms with Gasteiger partial charge in [0.05, 0.1) is 6.54 Å². The van der Waals surface area contributed by atoms with E-state index in [1.807, 2.05) is 32.3 Å². The second kappa shape index (κ2) is 8.44. The van der Waals surface area contributed by atoms with Crippen molar-refractivity contribution in [1.29, 1.82) is 0 Å². The van der Waals surface area contributed by atoms with Gasteiger partial charge in [-0.05, 0) is 32.1 Å². The first-order chi connectivity index (χ1) is 11.5. The van der Waals surface area contributed by atoms with Crippen molar-refractivity contribution < 1.29 is 9.32 Å². The van der Waals surface area contributed by atoms with E-state index >= 15 is 0 Å². The summed E-state index contributed by atoms with van der Waals surface area (Å²) in [5, 5.41) is 6.98. The summed E-state index contributed by atoms with van der Waals surface area (Å²) in [6, 6.07) is 5.45. The summed E-state index contributed by atoms with van der Waals surface area (Å²) in [6.45, 7) is 4.05. The predicted octanol–water partition coefficient (Wildman–Crippen LogP) is 2.08. The topological polar surface area (TPSA) is 74.5 Å². The summed E-state index contributed by atoms with van der Waals surface area (Å²) >= 11 is 0. The molecule has 0 saturated carbocycles. The first kappa shape index (κ1) is 17.9. The molecule has 0 aliphatic heterocycles. The van der Waals surface area contributed by atoms with Gasteiger partial charge in [-0.15, -0.1) is 0 Å². The zero-order valence-corrected chi connectivity index (χ0v) is 14.7. The third kappa shape index (κ3) is 5.34. The molecule has 2 rings (SSSR count). The maximum Gasteiger partial charge on any atom is 0.317 e. The van der Waals surface area contributed by atoms with Crippen LogP contribution in [0.1, 0.15) is 12.7 Å². The minimum absolute atomic E-state index is 0.123.